The summed E-state index contributed by atoms with van der Waals surface area (Å²) in [5.41, 5.74) is 1.22. The van der Waals surface area contributed by atoms with Gasteiger partial charge in [-0.1, -0.05) is 36.4 Å². The number of hydrogen-bond acceptors (Lipinski definition) is 2. The lowest BCUT2D eigenvalue weighted by atomic mass is 10.2. The van der Waals surface area contributed by atoms with Gasteiger partial charge in [-0.25, -0.2) is 0 Å². The number of nitrogens with zero attached hydrogens (tertiary/aromatic N) is 1. The van der Waals surface area contributed by atoms with Crippen LogP contribution in [0.5, 0.6) is 0 Å². The van der Waals surface area contributed by atoms with Crippen molar-refractivity contribution in [3.05, 3.63) is 42.0 Å². The van der Waals surface area contributed by atoms with Crippen molar-refractivity contribution in [1.29, 1.82) is 0 Å². The van der Waals surface area contributed by atoms with Crippen LogP contribution in [0.2, 0.25) is 0 Å². The van der Waals surface area contributed by atoms with E-state index in [9.17, 15) is 0 Å². The first-order valence-electron chi connectivity index (χ1n) is 5.28. The van der Waals surface area contributed by atoms with Crippen molar-refractivity contribution in [3.63, 3.8) is 0 Å². The molecule has 2 N–H and O–H groups in total. The lowest BCUT2D eigenvalue weighted by Crippen LogP contribution is -2.41. The van der Waals surface area contributed by atoms with Crippen LogP contribution in [0.25, 0.3) is 6.08 Å². The van der Waals surface area contributed by atoms with Gasteiger partial charge in [-0.05, 0) is 11.6 Å². The molecule has 0 fully saturated rings. The van der Waals surface area contributed by atoms with E-state index in [4.69, 9.17) is 5.11 Å². The van der Waals surface area contributed by atoms with E-state index >= 15 is 0 Å². The maximum absolute atomic E-state index is 8.88. The molecule has 0 saturated heterocycles. The van der Waals surface area contributed by atoms with Gasteiger partial charge in [0, 0.05) is 0 Å². The van der Waals surface area contributed by atoms with Crippen LogP contribution < -0.4 is 0 Å². The van der Waals surface area contributed by atoms with Gasteiger partial charge in [0.2, 0.25) is 0 Å². The smallest absolute Gasteiger partial charge is 0.102 e. The average Bonchev–Trinajstić information content (AvgIpc) is 2.19. The molecule has 0 aliphatic carbocycles. The van der Waals surface area contributed by atoms with Crippen LogP contribution in [-0.2, 0) is 0 Å². The van der Waals surface area contributed by atoms with Gasteiger partial charge in [0.1, 0.15) is 6.54 Å². The van der Waals surface area contributed by atoms with Crippen molar-refractivity contribution in [2.75, 3.05) is 33.8 Å². The third kappa shape index (κ3) is 5.66. The van der Waals surface area contributed by atoms with Gasteiger partial charge in [0.15, 0.2) is 0 Å². The normalized spacial score (nSPS) is 11.4. The second-order valence-electron chi connectivity index (χ2n) is 4.38. The summed E-state index contributed by atoms with van der Waals surface area (Å²) < 4.78 is 0.819. The monoisotopic (exact) mass is 223 g/mol. The number of aliphatic hydroxyl groups excluding tert-OH is 1. The summed E-state index contributed by atoms with van der Waals surface area (Å²) in [5, 5.41) is 8.88. The molecule has 3 nitrogen and oxygen atoms in total. The van der Waals surface area contributed by atoms with Gasteiger partial charge in [-0.15, -0.1) is 0 Å². The Morgan fingerprint density at radius 3 is 2.38 bits per heavy atom. The molecule has 1 aromatic carbocycles. The Morgan fingerprint density at radius 1 is 1.19 bits per heavy atom. The summed E-state index contributed by atoms with van der Waals surface area (Å²) in [6.45, 7) is 1.97. The molecule has 1 rings (SSSR count). The first kappa shape index (κ1) is 14.8. The molecule has 0 amide bonds. The molecule has 3 heteroatoms. The molecule has 0 aliphatic rings. The molecule has 0 atom stereocenters. The average molecular weight is 223 g/mol. The van der Waals surface area contributed by atoms with Gasteiger partial charge >= 0.3 is 0 Å². The summed E-state index contributed by atoms with van der Waals surface area (Å²) >= 11 is 0. The standard InChI is InChI=1S/C13H20NO.H2O/c1-14(2,11-12-15)10-6-9-13-7-4-3-5-8-13;/h3-9,15H,10-12H2,1-2H3;1H2/q+1;/p-1. The molecule has 90 valence electrons. The Kier molecular flexibility index (Phi) is 6.65. The number of likely N-dealkylation sites (N-methyl/N-ethyl adjacent to an activating group) is 1. The van der Waals surface area contributed by atoms with Gasteiger partial charge in [0.05, 0.1) is 27.2 Å². The van der Waals surface area contributed by atoms with Crippen LogP contribution in [0.1, 0.15) is 5.56 Å². The molecule has 0 aliphatic heterocycles. The minimum atomic E-state index is 0. The van der Waals surface area contributed by atoms with Crippen LogP contribution >= 0.6 is 0 Å². The van der Waals surface area contributed by atoms with E-state index in [1.807, 2.05) is 18.2 Å². The fourth-order valence-electron chi connectivity index (χ4n) is 1.40. The highest BCUT2D eigenvalue weighted by Gasteiger charge is 2.10. The highest BCUT2D eigenvalue weighted by Crippen LogP contribution is 2.03. The molecule has 1 aromatic rings. The first-order valence-corrected chi connectivity index (χ1v) is 5.28. The molecule has 0 radical (unpaired) electrons. The van der Waals surface area contributed by atoms with Gasteiger partial charge < -0.3 is 15.1 Å². The number of rotatable bonds is 5. The molecule has 0 heterocycles. The number of hydrogen-bond donors (Lipinski definition) is 1. The quantitative estimate of drug-likeness (QED) is 0.771. The van der Waals surface area contributed by atoms with E-state index in [1.165, 1.54) is 5.56 Å². The lowest BCUT2D eigenvalue weighted by Gasteiger charge is -2.27. The fourth-order valence-corrected chi connectivity index (χ4v) is 1.40. The number of aliphatic hydroxyl groups is 1. The van der Waals surface area contributed by atoms with Gasteiger partial charge in [0.25, 0.3) is 0 Å². The van der Waals surface area contributed by atoms with Gasteiger partial charge in [-0.3, -0.25) is 0 Å². The highest BCUT2D eigenvalue weighted by atomic mass is 16.3. The fraction of sp³-hybridized carbons (Fsp3) is 0.385. The van der Waals surface area contributed by atoms with Crippen LogP contribution in [-0.4, -0.2) is 48.9 Å². The molecule has 0 spiro atoms. The van der Waals surface area contributed by atoms with Crippen LogP contribution in [0, 0.1) is 0 Å². The second kappa shape index (κ2) is 7.17. The lowest BCUT2D eigenvalue weighted by molar-refractivity contribution is -0.884. The molecule has 16 heavy (non-hydrogen) atoms. The van der Waals surface area contributed by atoms with E-state index in [-0.39, 0.29) is 12.1 Å². The van der Waals surface area contributed by atoms with Gasteiger partial charge in [-0.2, -0.15) is 0 Å². The van der Waals surface area contributed by atoms with Crippen LogP contribution in [0.15, 0.2) is 36.4 Å². The zero-order valence-corrected chi connectivity index (χ0v) is 10.0. The third-order valence-corrected chi connectivity index (χ3v) is 2.41. The summed E-state index contributed by atoms with van der Waals surface area (Å²) in [7, 11) is 4.23. The van der Waals surface area contributed by atoms with Crippen molar-refractivity contribution < 1.29 is 15.1 Å². The van der Waals surface area contributed by atoms with Crippen molar-refractivity contribution in [2.45, 2.75) is 0 Å². The van der Waals surface area contributed by atoms with E-state index in [0.29, 0.717) is 0 Å². The Morgan fingerprint density at radius 2 is 1.81 bits per heavy atom. The Labute approximate surface area is 97.5 Å². The predicted molar refractivity (Wildman–Crippen MR) is 66.3 cm³/mol. The Bertz CT molecular complexity index is 307. The van der Waals surface area contributed by atoms with E-state index in [2.05, 4.69) is 38.4 Å². The molecular weight excluding hydrogens is 202 g/mol. The summed E-state index contributed by atoms with van der Waals surface area (Å²) in [4.78, 5) is 0. The SMILES string of the molecule is C[N+](C)(CC=Cc1ccccc1)CCO.[OH-]. The van der Waals surface area contributed by atoms with Crippen LogP contribution in [0.3, 0.4) is 0 Å². The van der Waals surface area contributed by atoms with Crippen molar-refractivity contribution in [2.24, 2.45) is 0 Å². The zero-order chi connectivity index (χ0) is 11.1. The summed E-state index contributed by atoms with van der Waals surface area (Å²) in [5.74, 6) is 0. The maximum Gasteiger partial charge on any atom is 0.102 e. The highest BCUT2D eigenvalue weighted by molar-refractivity contribution is 5.48. The Balaban J connectivity index is 0.00000225. The molecule has 0 bridgehead atoms. The summed E-state index contributed by atoms with van der Waals surface area (Å²) in [6.07, 6.45) is 4.28. The number of quaternary nitrogens is 1. The first-order chi connectivity index (χ1) is 7.14. The van der Waals surface area contributed by atoms with E-state index in [1.54, 1.807) is 0 Å². The minimum Gasteiger partial charge on any atom is -0.870 e. The summed E-state index contributed by atoms with van der Waals surface area (Å²) in [6, 6.07) is 10.3. The maximum atomic E-state index is 8.88. The molecule has 0 aromatic heterocycles. The largest absolute Gasteiger partial charge is 0.870 e. The second-order valence-corrected chi connectivity index (χ2v) is 4.38. The molecule has 0 saturated carbocycles. The molecular formula is C13H21NO2. The predicted octanol–water partition coefficient (Wildman–Crippen LogP) is 1.59. The van der Waals surface area contributed by atoms with Crippen molar-refractivity contribution in [3.8, 4) is 0 Å². The minimum absolute atomic E-state index is 0. The zero-order valence-electron chi connectivity index (χ0n) is 10.0. The topological polar surface area (TPSA) is 50.2 Å². The van der Waals surface area contributed by atoms with Crippen LogP contribution in [0.4, 0.5) is 0 Å². The van der Waals surface area contributed by atoms with E-state index in [0.717, 1.165) is 17.6 Å². The van der Waals surface area contributed by atoms with Crippen molar-refractivity contribution in [1.82, 2.24) is 0 Å². The van der Waals surface area contributed by atoms with Crippen molar-refractivity contribution >= 4 is 6.08 Å². The third-order valence-electron chi connectivity index (χ3n) is 2.41. The molecule has 0 unspecified atom stereocenters. The Hall–Kier alpha value is -1.16. The number of benzene rings is 1. The van der Waals surface area contributed by atoms with E-state index < -0.39 is 0 Å².